The van der Waals surface area contributed by atoms with E-state index in [-0.39, 0.29) is 17.4 Å². The first-order valence-electron chi connectivity index (χ1n) is 8.81. The van der Waals surface area contributed by atoms with Crippen LogP contribution in [0.25, 0.3) is 11.1 Å². The lowest BCUT2D eigenvalue weighted by atomic mass is 9.98. The first-order valence-corrected chi connectivity index (χ1v) is 9.19. The second kappa shape index (κ2) is 7.37. The Hall–Kier alpha value is -2.92. The van der Waals surface area contributed by atoms with Gasteiger partial charge in [0.15, 0.2) is 0 Å². The zero-order valence-corrected chi connectivity index (χ0v) is 15.3. The number of nitrogens with one attached hydrogen (secondary N) is 1. The Kier molecular flexibility index (Phi) is 4.77. The lowest BCUT2D eigenvalue weighted by Gasteiger charge is -2.17. The molecule has 4 rings (SSSR count). The van der Waals surface area contributed by atoms with Crippen LogP contribution in [-0.2, 0) is 11.2 Å². The van der Waals surface area contributed by atoms with Crippen LogP contribution in [-0.4, -0.2) is 22.4 Å². The van der Waals surface area contributed by atoms with E-state index in [1.165, 1.54) is 0 Å². The molecule has 1 amide bonds. The number of hydrogen-bond acceptors (Lipinski definition) is 3. The molecule has 0 saturated carbocycles. The van der Waals surface area contributed by atoms with Gasteiger partial charge in [0.1, 0.15) is 5.82 Å². The first kappa shape index (κ1) is 17.5. The maximum atomic E-state index is 12.8. The van der Waals surface area contributed by atoms with E-state index in [2.05, 4.69) is 9.97 Å². The number of anilines is 1. The molecule has 3 heterocycles. The molecule has 2 aromatic heterocycles. The minimum Gasteiger partial charge on any atom is -0.308 e. The molecule has 0 radical (unpaired) electrons. The molecule has 1 N–H and O–H groups in total. The van der Waals surface area contributed by atoms with Crippen LogP contribution in [0.5, 0.6) is 0 Å². The molecule has 27 heavy (non-hydrogen) atoms. The van der Waals surface area contributed by atoms with Crippen molar-refractivity contribution in [2.75, 3.05) is 11.4 Å². The van der Waals surface area contributed by atoms with Crippen molar-refractivity contribution >= 4 is 23.3 Å². The highest BCUT2D eigenvalue weighted by atomic mass is 35.5. The van der Waals surface area contributed by atoms with Crippen LogP contribution in [0.4, 0.5) is 5.82 Å². The largest absolute Gasteiger partial charge is 0.308 e. The van der Waals surface area contributed by atoms with Crippen molar-refractivity contribution in [2.45, 2.75) is 12.8 Å². The van der Waals surface area contributed by atoms with Crippen LogP contribution in [0.2, 0.25) is 5.02 Å². The number of carbonyl (C=O) groups excluding carboxylic acids is 1. The fourth-order valence-electron chi connectivity index (χ4n) is 3.45. The fraction of sp³-hybridized carbons (Fsp3) is 0.190. The van der Waals surface area contributed by atoms with Crippen molar-refractivity contribution < 1.29 is 4.79 Å². The maximum Gasteiger partial charge on any atom is 0.257 e. The average molecular weight is 380 g/mol. The molecular weight excluding hydrogens is 362 g/mol. The summed E-state index contributed by atoms with van der Waals surface area (Å²) in [6.45, 7) is 0.599. The highest BCUT2D eigenvalue weighted by molar-refractivity contribution is 6.30. The number of amides is 1. The number of benzene rings is 1. The molecule has 136 valence electrons. The Bertz CT molecular complexity index is 1020. The van der Waals surface area contributed by atoms with Crippen LogP contribution >= 0.6 is 11.6 Å². The minimum absolute atomic E-state index is 0.0391. The molecular formula is C21H18ClN3O2. The van der Waals surface area contributed by atoms with E-state index in [1.54, 1.807) is 41.6 Å². The van der Waals surface area contributed by atoms with Crippen molar-refractivity contribution in [3.8, 4) is 11.1 Å². The molecule has 5 nitrogen and oxygen atoms in total. The molecule has 1 saturated heterocycles. The molecule has 6 heteroatoms. The second-order valence-corrected chi connectivity index (χ2v) is 7.06. The van der Waals surface area contributed by atoms with Gasteiger partial charge in [0.25, 0.3) is 5.56 Å². The zero-order valence-electron chi connectivity index (χ0n) is 14.6. The number of pyridine rings is 2. The predicted octanol–water partition coefficient (Wildman–Crippen LogP) is 3.69. The fourth-order valence-corrected chi connectivity index (χ4v) is 3.58. The lowest BCUT2D eigenvalue weighted by molar-refractivity contribution is -0.120. The number of halogens is 1. The number of nitrogens with zero attached hydrogens (tertiary/aromatic N) is 2. The topological polar surface area (TPSA) is 66.1 Å². The van der Waals surface area contributed by atoms with Gasteiger partial charge in [-0.3, -0.25) is 19.5 Å². The number of aromatic amines is 1. The van der Waals surface area contributed by atoms with Gasteiger partial charge in [-0.1, -0.05) is 23.7 Å². The first-order chi connectivity index (χ1) is 13.1. The Balaban J connectivity index is 1.52. The lowest BCUT2D eigenvalue weighted by Crippen LogP contribution is -2.30. The van der Waals surface area contributed by atoms with Gasteiger partial charge in [-0.25, -0.2) is 0 Å². The van der Waals surface area contributed by atoms with Crippen LogP contribution in [0.15, 0.2) is 65.7 Å². The Labute approximate surface area is 161 Å². The number of rotatable bonds is 4. The molecule has 1 aliphatic rings. The summed E-state index contributed by atoms with van der Waals surface area (Å²) in [5, 5.41) is 0.685. The summed E-state index contributed by atoms with van der Waals surface area (Å²) < 4.78 is 0. The molecule has 0 bridgehead atoms. The minimum atomic E-state index is -0.215. The third-order valence-corrected chi connectivity index (χ3v) is 5.14. The highest BCUT2D eigenvalue weighted by Crippen LogP contribution is 2.27. The van der Waals surface area contributed by atoms with Gasteiger partial charge in [-0.15, -0.1) is 0 Å². The third-order valence-electron chi connectivity index (χ3n) is 4.89. The van der Waals surface area contributed by atoms with Gasteiger partial charge in [-0.05, 0) is 60.4 Å². The number of carbonyl (C=O) groups is 1. The summed E-state index contributed by atoms with van der Waals surface area (Å²) in [6, 6.07) is 14.7. The third kappa shape index (κ3) is 3.64. The van der Waals surface area contributed by atoms with Crippen molar-refractivity contribution in [1.29, 1.82) is 0 Å². The Morgan fingerprint density at radius 3 is 2.48 bits per heavy atom. The monoisotopic (exact) mass is 379 g/mol. The van der Waals surface area contributed by atoms with Crippen molar-refractivity contribution in [2.24, 2.45) is 5.92 Å². The Morgan fingerprint density at radius 1 is 1.04 bits per heavy atom. The molecule has 0 unspecified atom stereocenters. The van der Waals surface area contributed by atoms with Crippen molar-refractivity contribution in [3.05, 3.63) is 81.9 Å². The number of aromatic nitrogens is 2. The van der Waals surface area contributed by atoms with Gasteiger partial charge in [0.05, 0.1) is 0 Å². The second-order valence-electron chi connectivity index (χ2n) is 6.63. The van der Waals surface area contributed by atoms with E-state index in [0.29, 0.717) is 29.4 Å². The maximum absolute atomic E-state index is 12.8. The molecule has 1 atom stereocenters. The zero-order chi connectivity index (χ0) is 18.8. The average Bonchev–Trinajstić information content (AvgIpc) is 3.04. The molecule has 3 aromatic rings. The summed E-state index contributed by atoms with van der Waals surface area (Å²) in [7, 11) is 0. The number of H-pyrrole nitrogens is 1. The normalized spacial score (nSPS) is 16.7. The van der Waals surface area contributed by atoms with E-state index >= 15 is 0 Å². The molecule has 1 aromatic carbocycles. The van der Waals surface area contributed by atoms with E-state index in [4.69, 9.17) is 11.6 Å². The summed E-state index contributed by atoms with van der Waals surface area (Å²) in [4.78, 5) is 33.8. The summed E-state index contributed by atoms with van der Waals surface area (Å²) >= 11 is 5.92. The molecule has 0 spiro atoms. The van der Waals surface area contributed by atoms with Crippen molar-refractivity contribution in [1.82, 2.24) is 9.97 Å². The summed E-state index contributed by atoms with van der Waals surface area (Å²) in [5.41, 5.74) is 2.23. The highest BCUT2D eigenvalue weighted by Gasteiger charge is 2.33. The standard InChI is InChI=1S/C21H18ClN3O2/c22-17-3-1-14(2-4-17)13-16-9-12-25(21(16)27)19-6-5-18(20(26)24-19)15-7-10-23-11-8-15/h1-8,10-11,16H,9,12-13H2,(H,24,26)/t16-/m0/s1. The van der Waals surface area contributed by atoms with E-state index in [1.807, 2.05) is 24.3 Å². The molecule has 1 fully saturated rings. The van der Waals surface area contributed by atoms with Gasteiger partial charge < -0.3 is 4.98 Å². The molecule has 0 aliphatic carbocycles. The molecule has 1 aliphatic heterocycles. The summed E-state index contributed by atoms with van der Waals surface area (Å²) in [5.74, 6) is 0.494. The van der Waals surface area contributed by atoms with Crippen LogP contribution in [0.1, 0.15) is 12.0 Å². The van der Waals surface area contributed by atoms with E-state index < -0.39 is 0 Å². The Morgan fingerprint density at radius 2 is 1.78 bits per heavy atom. The van der Waals surface area contributed by atoms with Gasteiger partial charge in [-0.2, -0.15) is 0 Å². The number of hydrogen-bond donors (Lipinski definition) is 1. The van der Waals surface area contributed by atoms with Crippen LogP contribution < -0.4 is 10.5 Å². The van der Waals surface area contributed by atoms with Gasteiger partial charge in [0, 0.05) is 35.4 Å². The SMILES string of the molecule is O=C1[C@H](Cc2ccc(Cl)cc2)CCN1c1ccc(-c2ccncc2)c(=O)[nH]1. The quantitative estimate of drug-likeness (QED) is 0.751. The predicted molar refractivity (Wildman–Crippen MR) is 106 cm³/mol. The summed E-state index contributed by atoms with van der Waals surface area (Å²) in [6.07, 6.45) is 4.73. The smallest absolute Gasteiger partial charge is 0.257 e. The van der Waals surface area contributed by atoms with E-state index in [0.717, 1.165) is 17.5 Å². The van der Waals surface area contributed by atoms with Crippen molar-refractivity contribution in [3.63, 3.8) is 0 Å². The van der Waals surface area contributed by atoms with Gasteiger partial charge in [0.2, 0.25) is 5.91 Å². The van der Waals surface area contributed by atoms with Gasteiger partial charge >= 0.3 is 0 Å². The van der Waals surface area contributed by atoms with E-state index in [9.17, 15) is 9.59 Å². The van der Waals surface area contributed by atoms with Crippen LogP contribution in [0.3, 0.4) is 0 Å². The van der Waals surface area contributed by atoms with Crippen LogP contribution in [0, 0.1) is 5.92 Å².